The first-order valence-corrected chi connectivity index (χ1v) is 11.0. The van der Waals surface area contributed by atoms with Crippen molar-refractivity contribution in [2.75, 3.05) is 5.75 Å². The molecule has 154 valence electrons. The lowest BCUT2D eigenvalue weighted by atomic mass is 9.84. The van der Waals surface area contributed by atoms with Crippen LogP contribution in [0.2, 0.25) is 0 Å². The molecule has 0 radical (unpaired) electrons. The quantitative estimate of drug-likeness (QED) is 0.282. The zero-order chi connectivity index (χ0) is 20.7. The molecule has 0 saturated heterocycles. The highest BCUT2D eigenvalue weighted by Crippen LogP contribution is 2.41. The standard InChI is InChI=1S/C24H35NO2S/c1-5-6-7-10-18-16-22-19(15-21(18)23(25)26)14-20(11-13-28)24(4,27-22)12-8-9-17(2)3/h9,14-16,28H,5-8,10-13H2,1-4H3,(H2,25,26). The fraction of sp³-hybridized carbons (Fsp3) is 0.542. The van der Waals surface area contributed by atoms with Gasteiger partial charge in [-0.1, -0.05) is 31.4 Å². The van der Waals surface area contributed by atoms with E-state index in [-0.39, 0.29) is 11.5 Å². The molecule has 1 amide bonds. The van der Waals surface area contributed by atoms with E-state index in [0.717, 1.165) is 67.6 Å². The van der Waals surface area contributed by atoms with Crippen molar-refractivity contribution in [2.24, 2.45) is 5.73 Å². The molecule has 1 heterocycles. The van der Waals surface area contributed by atoms with E-state index in [1.807, 2.05) is 12.1 Å². The molecule has 0 saturated carbocycles. The summed E-state index contributed by atoms with van der Waals surface area (Å²) in [5, 5.41) is 0. The molecule has 0 bridgehead atoms. The fourth-order valence-electron chi connectivity index (χ4n) is 3.80. The van der Waals surface area contributed by atoms with Gasteiger partial charge < -0.3 is 10.5 Å². The highest BCUT2D eigenvalue weighted by Gasteiger charge is 2.34. The van der Waals surface area contributed by atoms with E-state index in [2.05, 4.69) is 52.5 Å². The van der Waals surface area contributed by atoms with Crippen LogP contribution in [0.15, 0.2) is 29.4 Å². The molecule has 1 atom stereocenters. The first-order chi connectivity index (χ1) is 13.3. The largest absolute Gasteiger partial charge is 0.483 e. The highest BCUT2D eigenvalue weighted by atomic mass is 32.1. The van der Waals surface area contributed by atoms with Crippen molar-refractivity contribution in [1.29, 1.82) is 0 Å². The van der Waals surface area contributed by atoms with Gasteiger partial charge in [0.25, 0.3) is 0 Å². The fourth-order valence-corrected chi connectivity index (χ4v) is 4.04. The normalized spacial score (nSPS) is 18.1. The van der Waals surface area contributed by atoms with Crippen LogP contribution in [-0.4, -0.2) is 17.3 Å². The molecule has 4 heteroatoms. The number of carbonyl (C=O) groups excluding carboxylic acids is 1. The summed E-state index contributed by atoms with van der Waals surface area (Å²) in [4.78, 5) is 12.0. The minimum Gasteiger partial charge on any atom is -0.483 e. The first-order valence-electron chi connectivity index (χ1n) is 10.4. The lowest BCUT2D eigenvalue weighted by molar-refractivity contribution is 0.0998. The van der Waals surface area contributed by atoms with Crippen molar-refractivity contribution >= 4 is 24.6 Å². The Hall–Kier alpha value is -1.68. The van der Waals surface area contributed by atoms with Gasteiger partial charge in [0.2, 0.25) is 5.91 Å². The van der Waals surface area contributed by atoms with Crippen molar-refractivity contribution < 1.29 is 9.53 Å². The Bertz CT molecular complexity index is 762. The van der Waals surface area contributed by atoms with Gasteiger partial charge in [-0.15, -0.1) is 0 Å². The summed E-state index contributed by atoms with van der Waals surface area (Å²) in [5.74, 6) is 1.26. The molecule has 3 nitrogen and oxygen atoms in total. The van der Waals surface area contributed by atoms with Crippen LogP contribution in [0.5, 0.6) is 5.75 Å². The van der Waals surface area contributed by atoms with Crippen LogP contribution < -0.4 is 10.5 Å². The topological polar surface area (TPSA) is 52.3 Å². The van der Waals surface area contributed by atoms with Crippen LogP contribution in [0, 0.1) is 0 Å². The van der Waals surface area contributed by atoms with Gasteiger partial charge in [0.05, 0.1) is 0 Å². The van der Waals surface area contributed by atoms with Gasteiger partial charge in [-0.2, -0.15) is 12.6 Å². The zero-order valence-electron chi connectivity index (χ0n) is 17.8. The van der Waals surface area contributed by atoms with E-state index in [1.54, 1.807) is 0 Å². The number of aryl methyl sites for hydroxylation is 1. The van der Waals surface area contributed by atoms with Gasteiger partial charge in [-0.25, -0.2) is 0 Å². The molecule has 0 fully saturated rings. The van der Waals surface area contributed by atoms with Crippen molar-refractivity contribution in [1.82, 2.24) is 0 Å². The van der Waals surface area contributed by atoms with E-state index in [4.69, 9.17) is 10.5 Å². The van der Waals surface area contributed by atoms with E-state index in [0.29, 0.717) is 5.56 Å². The monoisotopic (exact) mass is 401 g/mol. The van der Waals surface area contributed by atoms with Gasteiger partial charge in [0, 0.05) is 11.1 Å². The second-order valence-corrected chi connectivity index (χ2v) is 8.61. The van der Waals surface area contributed by atoms with Crippen molar-refractivity contribution in [3.8, 4) is 5.75 Å². The number of carbonyl (C=O) groups is 1. The predicted octanol–water partition coefficient (Wildman–Crippen LogP) is 6.12. The van der Waals surface area contributed by atoms with E-state index >= 15 is 0 Å². The molecular weight excluding hydrogens is 366 g/mol. The number of nitrogens with two attached hydrogens (primary N) is 1. The number of hydrogen-bond acceptors (Lipinski definition) is 3. The molecule has 0 aliphatic carbocycles. The lowest BCUT2D eigenvalue weighted by Crippen LogP contribution is -2.37. The Morgan fingerprint density at radius 1 is 1.25 bits per heavy atom. The number of primary amides is 1. The number of amides is 1. The Morgan fingerprint density at radius 2 is 2.00 bits per heavy atom. The van der Waals surface area contributed by atoms with Crippen molar-refractivity contribution in [2.45, 2.75) is 78.2 Å². The number of benzene rings is 1. The summed E-state index contributed by atoms with van der Waals surface area (Å²) in [7, 11) is 0. The molecular formula is C24H35NO2S. The maximum absolute atomic E-state index is 12.0. The van der Waals surface area contributed by atoms with E-state index in [1.165, 1.54) is 11.1 Å². The van der Waals surface area contributed by atoms with Crippen LogP contribution in [0.1, 0.15) is 87.7 Å². The van der Waals surface area contributed by atoms with Gasteiger partial charge in [-0.05, 0) is 88.0 Å². The molecule has 2 rings (SSSR count). The minimum atomic E-state index is -0.365. The summed E-state index contributed by atoms with van der Waals surface area (Å²) in [5.41, 5.74) is 10.4. The summed E-state index contributed by atoms with van der Waals surface area (Å²) in [6.45, 7) is 8.59. The highest BCUT2D eigenvalue weighted by molar-refractivity contribution is 7.80. The molecule has 0 spiro atoms. The number of thiol groups is 1. The molecule has 1 aliphatic heterocycles. The summed E-state index contributed by atoms with van der Waals surface area (Å²) < 4.78 is 6.56. The van der Waals surface area contributed by atoms with E-state index < -0.39 is 0 Å². The predicted molar refractivity (Wildman–Crippen MR) is 122 cm³/mol. The number of ether oxygens (including phenoxy) is 1. The number of unbranched alkanes of at least 4 members (excludes halogenated alkanes) is 2. The van der Waals surface area contributed by atoms with Gasteiger partial charge in [0.1, 0.15) is 11.4 Å². The van der Waals surface area contributed by atoms with Gasteiger partial charge >= 0.3 is 0 Å². The maximum Gasteiger partial charge on any atom is 0.249 e. The molecule has 0 aromatic heterocycles. The van der Waals surface area contributed by atoms with Gasteiger partial charge in [0.15, 0.2) is 0 Å². The summed E-state index contributed by atoms with van der Waals surface area (Å²) in [6.07, 6.45) is 11.4. The third kappa shape index (κ3) is 5.66. The minimum absolute atomic E-state index is 0.351. The maximum atomic E-state index is 12.0. The molecule has 2 N–H and O–H groups in total. The number of allylic oxidation sites excluding steroid dienone is 2. The van der Waals surface area contributed by atoms with Crippen LogP contribution in [-0.2, 0) is 6.42 Å². The van der Waals surface area contributed by atoms with Crippen LogP contribution >= 0.6 is 12.6 Å². The number of rotatable bonds is 10. The van der Waals surface area contributed by atoms with Crippen molar-refractivity contribution in [3.63, 3.8) is 0 Å². The average Bonchev–Trinajstić information content (AvgIpc) is 2.62. The molecule has 1 aromatic carbocycles. The third-order valence-corrected chi connectivity index (χ3v) is 5.67. The lowest BCUT2D eigenvalue weighted by Gasteiger charge is -2.37. The second-order valence-electron chi connectivity index (χ2n) is 8.16. The zero-order valence-corrected chi connectivity index (χ0v) is 18.7. The Morgan fingerprint density at radius 3 is 2.61 bits per heavy atom. The SMILES string of the molecule is CCCCCc1cc2c(cc1C(N)=O)C=C(CCS)C(C)(CCC=C(C)C)O2. The molecule has 1 aliphatic rings. The Labute approximate surface area is 175 Å². The Balaban J connectivity index is 2.41. The van der Waals surface area contributed by atoms with Crippen LogP contribution in [0.25, 0.3) is 6.08 Å². The average molecular weight is 402 g/mol. The number of hydrogen-bond donors (Lipinski definition) is 2. The van der Waals surface area contributed by atoms with Crippen LogP contribution in [0.4, 0.5) is 0 Å². The van der Waals surface area contributed by atoms with Crippen molar-refractivity contribution in [3.05, 3.63) is 46.0 Å². The number of fused-ring (bicyclic) bond motifs is 1. The third-order valence-electron chi connectivity index (χ3n) is 5.45. The molecule has 1 aromatic rings. The molecule has 28 heavy (non-hydrogen) atoms. The van der Waals surface area contributed by atoms with Crippen LogP contribution in [0.3, 0.4) is 0 Å². The second kappa shape index (κ2) is 10.2. The Kier molecular flexibility index (Phi) is 8.23. The summed E-state index contributed by atoms with van der Waals surface area (Å²) in [6, 6.07) is 3.95. The van der Waals surface area contributed by atoms with Gasteiger partial charge in [-0.3, -0.25) is 4.79 Å². The van der Waals surface area contributed by atoms with E-state index in [9.17, 15) is 4.79 Å². The first kappa shape index (κ1) is 22.6. The molecule has 1 unspecified atom stereocenters. The summed E-state index contributed by atoms with van der Waals surface area (Å²) >= 11 is 4.44. The smallest absolute Gasteiger partial charge is 0.249 e.